The van der Waals surface area contributed by atoms with Crippen LogP contribution >= 0.6 is 0 Å². The summed E-state index contributed by atoms with van der Waals surface area (Å²) in [5.41, 5.74) is 1.81. The number of halogens is 1. The maximum atomic E-state index is 14.3. The van der Waals surface area contributed by atoms with Gasteiger partial charge in [0.1, 0.15) is 18.0 Å². The largest absolute Gasteiger partial charge is 0.497 e. The predicted molar refractivity (Wildman–Crippen MR) is 103 cm³/mol. The van der Waals surface area contributed by atoms with E-state index >= 15 is 0 Å². The third-order valence-electron chi connectivity index (χ3n) is 5.29. The zero-order valence-electron chi connectivity index (χ0n) is 15.4. The van der Waals surface area contributed by atoms with Crippen molar-refractivity contribution < 1.29 is 22.3 Å². The molecule has 8 heteroatoms. The summed E-state index contributed by atoms with van der Waals surface area (Å²) in [4.78, 5) is 14.8. The lowest BCUT2D eigenvalue weighted by molar-refractivity contribution is -0.121. The molecule has 0 radical (unpaired) electrons. The summed E-state index contributed by atoms with van der Waals surface area (Å²) in [5.74, 6) is 0.00462. The van der Waals surface area contributed by atoms with Crippen molar-refractivity contribution in [3.05, 3.63) is 54.1 Å². The fourth-order valence-electron chi connectivity index (χ4n) is 3.89. The maximum Gasteiger partial charge on any atom is 0.245 e. The van der Waals surface area contributed by atoms with Crippen molar-refractivity contribution in [2.75, 3.05) is 25.1 Å². The number of anilines is 1. The molecule has 1 saturated heterocycles. The van der Waals surface area contributed by atoms with Gasteiger partial charge < -0.3 is 9.64 Å². The Kier molecular flexibility index (Phi) is 4.84. The number of benzene rings is 2. The number of fused-ring (bicyclic) bond motifs is 1. The summed E-state index contributed by atoms with van der Waals surface area (Å²) in [5, 5.41) is 0. The minimum absolute atomic E-state index is 0.0134. The molecule has 2 unspecified atom stereocenters. The van der Waals surface area contributed by atoms with Crippen molar-refractivity contribution in [2.24, 2.45) is 0 Å². The van der Waals surface area contributed by atoms with E-state index in [0.717, 1.165) is 15.6 Å². The molecule has 2 atom stereocenters. The Labute approximate surface area is 163 Å². The van der Waals surface area contributed by atoms with Gasteiger partial charge in [0.25, 0.3) is 0 Å². The molecule has 28 heavy (non-hydrogen) atoms. The monoisotopic (exact) mass is 404 g/mol. The van der Waals surface area contributed by atoms with Crippen LogP contribution in [0.25, 0.3) is 0 Å². The van der Waals surface area contributed by atoms with E-state index in [-0.39, 0.29) is 23.8 Å². The summed E-state index contributed by atoms with van der Waals surface area (Å²) in [6.45, 7) is 0.143. The first kappa shape index (κ1) is 18.9. The molecule has 6 nitrogen and oxygen atoms in total. The van der Waals surface area contributed by atoms with Gasteiger partial charge >= 0.3 is 0 Å². The molecule has 2 aromatic carbocycles. The van der Waals surface area contributed by atoms with Gasteiger partial charge in [-0.3, -0.25) is 4.79 Å². The van der Waals surface area contributed by atoms with E-state index in [1.807, 2.05) is 24.3 Å². The summed E-state index contributed by atoms with van der Waals surface area (Å²) in [6.07, 6.45) is -0.816. The summed E-state index contributed by atoms with van der Waals surface area (Å²) in [6, 6.07) is 12.5. The second kappa shape index (κ2) is 7.18. The minimum Gasteiger partial charge on any atom is -0.497 e. The molecule has 2 aliphatic rings. The van der Waals surface area contributed by atoms with Crippen molar-refractivity contribution in [1.82, 2.24) is 4.31 Å². The van der Waals surface area contributed by atoms with Crippen molar-refractivity contribution in [2.45, 2.75) is 30.0 Å². The van der Waals surface area contributed by atoms with E-state index in [1.54, 1.807) is 17.0 Å². The number of hydrogen-bond donors (Lipinski definition) is 0. The number of ether oxygens (including phenoxy) is 1. The molecule has 2 heterocycles. The van der Waals surface area contributed by atoms with E-state index in [1.165, 1.54) is 19.2 Å². The molecule has 1 amide bonds. The summed E-state index contributed by atoms with van der Waals surface area (Å²) < 4.78 is 46.7. The van der Waals surface area contributed by atoms with Gasteiger partial charge in [-0.2, -0.15) is 4.31 Å². The highest BCUT2D eigenvalue weighted by atomic mass is 32.2. The van der Waals surface area contributed by atoms with Crippen LogP contribution in [0.4, 0.5) is 10.1 Å². The highest BCUT2D eigenvalue weighted by Gasteiger charge is 2.46. The van der Waals surface area contributed by atoms with E-state index in [4.69, 9.17) is 4.74 Å². The summed E-state index contributed by atoms with van der Waals surface area (Å²) >= 11 is 0. The van der Waals surface area contributed by atoms with E-state index in [9.17, 15) is 17.6 Å². The van der Waals surface area contributed by atoms with Gasteiger partial charge in [0.2, 0.25) is 15.9 Å². The second-order valence-corrected chi connectivity index (χ2v) is 8.86. The van der Waals surface area contributed by atoms with Gasteiger partial charge in [-0.15, -0.1) is 0 Å². The number of methoxy groups -OCH3 is 1. The molecule has 2 aromatic rings. The molecule has 2 aliphatic heterocycles. The number of rotatable bonds is 4. The van der Waals surface area contributed by atoms with Crippen molar-refractivity contribution in [1.29, 1.82) is 0 Å². The van der Waals surface area contributed by atoms with Crippen LogP contribution in [0.1, 0.15) is 12.0 Å². The third kappa shape index (κ3) is 3.16. The van der Waals surface area contributed by atoms with Gasteiger partial charge in [0, 0.05) is 31.3 Å². The maximum absolute atomic E-state index is 14.3. The van der Waals surface area contributed by atoms with E-state index in [0.29, 0.717) is 18.7 Å². The zero-order valence-corrected chi connectivity index (χ0v) is 16.2. The Hall–Kier alpha value is -2.45. The number of amides is 1. The Morgan fingerprint density at radius 2 is 1.96 bits per heavy atom. The van der Waals surface area contributed by atoms with E-state index < -0.39 is 22.2 Å². The van der Waals surface area contributed by atoms with Gasteiger partial charge in [0.05, 0.1) is 12.0 Å². The third-order valence-corrected chi connectivity index (χ3v) is 7.16. The molecule has 0 spiro atoms. The number of para-hydroxylation sites is 1. The van der Waals surface area contributed by atoms with Crippen molar-refractivity contribution in [3.63, 3.8) is 0 Å². The number of carbonyl (C=O) groups excluding carboxylic acids is 1. The molecule has 1 fully saturated rings. The molecule has 148 valence electrons. The van der Waals surface area contributed by atoms with Gasteiger partial charge in [-0.1, -0.05) is 24.3 Å². The lowest BCUT2D eigenvalue weighted by Crippen LogP contribution is -2.47. The average molecular weight is 404 g/mol. The number of sulfonamides is 1. The molecule has 4 rings (SSSR count). The molecular formula is C20H21FN2O4S. The van der Waals surface area contributed by atoms with Crippen molar-refractivity contribution >= 4 is 21.6 Å². The van der Waals surface area contributed by atoms with Crippen LogP contribution in [0, 0.1) is 0 Å². The highest BCUT2D eigenvalue weighted by Crippen LogP contribution is 2.34. The lowest BCUT2D eigenvalue weighted by atomic mass is 10.1. The van der Waals surface area contributed by atoms with Crippen LogP contribution in [-0.2, 0) is 21.2 Å². The normalized spacial score (nSPS) is 22.3. The molecule has 0 bridgehead atoms. The molecule has 0 aliphatic carbocycles. The average Bonchev–Trinajstić information content (AvgIpc) is 3.31. The Morgan fingerprint density at radius 1 is 1.18 bits per heavy atom. The van der Waals surface area contributed by atoms with Crippen LogP contribution in [0.3, 0.4) is 0 Å². The van der Waals surface area contributed by atoms with Crippen LogP contribution in [0.5, 0.6) is 5.75 Å². The number of carbonyl (C=O) groups is 1. The highest BCUT2D eigenvalue weighted by molar-refractivity contribution is 7.89. The first-order valence-electron chi connectivity index (χ1n) is 9.11. The fraction of sp³-hybridized carbons (Fsp3) is 0.350. The van der Waals surface area contributed by atoms with Crippen molar-refractivity contribution in [3.8, 4) is 5.75 Å². The first-order valence-corrected chi connectivity index (χ1v) is 10.5. The van der Waals surface area contributed by atoms with Gasteiger partial charge in [-0.05, 0) is 30.2 Å². The molecule has 0 aromatic heterocycles. The Morgan fingerprint density at radius 3 is 2.75 bits per heavy atom. The van der Waals surface area contributed by atoms with Crippen LogP contribution in [-0.4, -0.2) is 51.0 Å². The minimum atomic E-state index is -4.04. The summed E-state index contributed by atoms with van der Waals surface area (Å²) in [7, 11) is -2.60. The first-order chi connectivity index (χ1) is 13.4. The standard InChI is InChI=1S/C20H21FN2O4S/c1-27-16-6-4-7-17(12-16)28(25,26)23-13-15(21)11-19(23)20(24)22-10-9-14-5-2-3-8-18(14)22/h2-8,12,15,19H,9-11,13H2,1H3. The lowest BCUT2D eigenvalue weighted by Gasteiger charge is -2.27. The van der Waals surface area contributed by atoms with Gasteiger partial charge in [0.15, 0.2) is 0 Å². The second-order valence-electron chi connectivity index (χ2n) is 6.97. The topological polar surface area (TPSA) is 66.9 Å². The van der Waals surface area contributed by atoms with Crippen LogP contribution < -0.4 is 9.64 Å². The number of alkyl halides is 1. The quantitative estimate of drug-likeness (QED) is 0.785. The number of hydrogen-bond acceptors (Lipinski definition) is 4. The smallest absolute Gasteiger partial charge is 0.245 e. The number of nitrogens with zero attached hydrogens (tertiary/aromatic N) is 2. The SMILES string of the molecule is COc1cccc(S(=O)(=O)N2CC(F)CC2C(=O)N2CCc3ccccc32)c1. The van der Waals surface area contributed by atoms with Crippen LogP contribution in [0.2, 0.25) is 0 Å². The molecule has 0 saturated carbocycles. The Balaban J connectivity index is 1.66. The fourth-order valence-corrected chi connectivity index (χ4v) is 5.55. The Bertz CT molecular complexity index is 1010. The zero-order chi connectivity index (χ0) is 19.9. The van der Waals surface area contributed by atoms with E-state index in [2.05, 4.69) is 0 Å². The van der Waals surface area contributed by atoms with Gasteiger partial charge in [-0.25, -0.2) is 12.8 Å². The molecule has 0 N–H and O–H groups in total. The molecular weight excluding hydrogens is 383 g/mol. The predicted octanol–water partition coefficient (Wildman–Crippen LogP) is 2.39. The van der Waals surface area contributed by atoms with Crippen LogP contribution in [0.15, 0.2) is 53.4 Å².